The number of rotatable bonds is 10. The molecule has 174 valence electrons. The number of amides is 2. The summed E-state index contributed by atoms with van der Waals surface area (Å²) in [5, 5.41) is 3.02. The van der Waals surface area contributed by atoms with Crippen LogP contribution in [0.15, 0.2) is 54.6 Å². The first kappa shape index (κ1) is 23.4. The van der Waals surface area contributed by atoms with Crippen molar-refractivity contribution in [1.82, 2.24) is 19.8 Å². The number of imidazole rings is 1. The molecule has 1 N–H and O–H groups in total. The number of thioether (sulfide) groups is 1. The van der Waals surface area contributed by atoms with E-state index in [9.17, 15) is 9.59 Å². The molecule has 2 amide bonds. The molecule has 1 aliphatic heterocycles. The maximum atomic E-state index is 13.7. The summed E-state index contributed by atoms with van der Waals surface area (Å²) in [6.45, 7) is 5.32. The van der Waals surface area contributed by atoms with Gasteiger partial charge in [0.15, 0.2) is 0 Å². The van der Waals surface area contributed by atoms with Crippen LogP contribution in [-0.2, 0) is 16.1 Å². The zero-order valence-electron chi connectivity index (χ0n) is 19.4. The monoisotopic (exact) mass is 464 g/mol. The Balaban J connectivity index is 1.56. The van der Waals surface area contributed by atoms with Crippen LogP contribution in [0.5, 0.6) is 0 Å². The van der Waals surface area contributed by atoms with Crippen LogP contribution in [0.1, 0.15) is 56.6 Å². The highest BCUT2D eigenvalue weighted by Crippen LogP contribution is 2.37. The van der Waals surface area contributed by atoms with Gasteiger partial charge in [-0.3, -0.25) is 9.59 Å². The quantitative estimate of drug-likeness (QED) is 0.441. The van der Waals surface area contributed by atoms with Gasteiger partial charge in [-0.15, -0.1) is 0 Å². The summed E-state index contributed by atoms with van der Waals surface area (Å²) < 4.78 is 1.99. The lowest BCUT2D eigenvalue weighted by atomic mass is 10.0. The Hall–Kier alpha value is -2.80. The molecule has 0 fully saturated rings. The average Bonchev–Trinajstić information content (AvgIpc) is 3.22. The Morgan fingerprint density at radius 1 is 1.09 bits per heavy atom. The summed E-state index contributed by atoms with van der Waals surface area (Å²) >= 11 is 1.91. The molecule has 7 heteroatoms. The van der Waals surface area contributed by atoms with Gasteiger partial charge >= 0.3 is 0 Å². The van der Waals surface area contributed by atoms with Crippen molar-refractivity contribution in [2.75, 3.05) is 18.1 Å². The molecule has 0 bridgehead atoms. The topological polar surface area (TPSA) is 67.2 Å². The van der Waals surface area contributed by atoms with Gasteiger partial charge in [0.2, 0.25) is 11.8 Å². The van der Waals surface area contributed by atoms with Crippen LogP contribution < -0.4 is 5.32 Å². The van der Waals surface area contributed by atoms with Gasteiger partial charge in [0.05, 0.1) is 23.5 Å². The summed E-state index contributed by atoms with van der Waals surface area (Å²) in [7, 11) is 0. The zero-order valence-corrected chi connectivity index (χ0v) is 20.2. The van der Waals surface area contributed by atoms with E-state index in [0.29, 0.717) is 13.1 Å². The van der Waals surface area contributed by atoms with E-state index >= 15 is 0 Å². The van der Waals surface area contributed by atoms with Crippen molar-refractivity contribution < 1.29 is 9.59 Å². The Bertz CT molecular complexity index is 1100. The van der Waals surface area contributed by atoms with Crippen LogP contribution in [0.25, 0.3) is 11.0 Å². The van der Waals surface area contributed by atoms with Gasteiger partial charge < -0.3 is 14.8 Å². The van der Waals surface area contributed by atoms with Gasteiger partial charge in [0, 0.05) is 13.1 Å². The number of benzene rings is 2. The second-order valence-corrected chi connectivity index (χ2v) is 9.72. The van der Waals surface area contributed by atoms with Gasteiger partial charge in [-0.05, 0) is 49.0 Å². The fraction of sp³-hybridized carbons (Fsp3) is 0.423. The normalized spacial score (nSPS) is 17.9. The molecular weight excluding hydrogens is 432 g/mol. The Kier molecular flexibility index (Phi) is 7.70. The number of hydrogen-bond acceptors (Lipinski definition) is 4. The minimum Gasteiger partial charge on any atom is -0.356 e. The molecule has 0 saturated heterocycles. The number of carbonyl (C=O) groups excluding carboxylic acids is 2. The Morgan fingerprint density at radius 3 is 2.64 bits per heavy atom. The lowest BCUT2D eigenvalue weighted by molar-refractivity contribution is -0.142. The molecule has 6 nitrogen and oxygen atoms in total. The van der Waals surface area contributed by atoms with Crippen LogP contribution in [-0.4, -0.2) is 44.3 Å². The van der Waals surface area contributed by atoms with E-state index in [1.165, 1.54) is 6.42 Å². The third-order valence-corrected chi connectivity index (χ3v) is 7.33. The van der Waals surface area contributed by atoms with Crippen LogP contribution >= 0.6 is 11.8 Å². The molecule has 1 aromatic heterocycles. The minimum absolute atomic E-state index is 0.0318. The minimum atomic E-state index is -0.596. The highest BCUT2D eigenvalue weighted by Gasteiger charge is 2.40. The molecule has 0 radical (unpaired) electrons. The van der Waals surface area contributed by atoms with E-state index in [0.717, 1.165) is 40.3 Å². The lowest BCUT2D eigenvalue weighted by Crippen LogP contribution is -2.46. The Labute approximate surface area is 199 Å². The maximum Gasteiger partial charge on any atom is 0.247 e. The summed E-state index contributed by atoms with van der Waals surface area (Å²) in [4.78, 5) is 33.3. The molecular formula is C26H32N4O2S. The number of nitrogens with zero attached hydrogens (tertiary/aromatic N) is 3. The second kappa shape index (κ2) is 10.9. The zero-order chi connectivity index (χ0) is 23.2. The fourth-order valence-electron chi connectivity index (χ4n) is 4.39. The van der Waals surface area contributed by atoms with E-state index in [-0.39, 0.29) is 24.3 Å². The van der Waals surface area contributed by atoms with E-state index in [1.54, 1.807) is 0 Å². The first-order valence-corrected chi connectivity index (χ1v) is 12.9. The molecule has 33 heavy (non-hydrogen) atoms. The van der Waals surface area contributed by atoms with Gasteiger partial charge in [-0.1, -0.05) is 49.4 Å². The number of hydrogen-bond donors (Lipinski definition) is 1. The summed E-state index contributed by atoms with van der Waals surface area (Å²) in [6.07, 6.45) is 2.22. The highest BCUT2D eigenvalue weighted by molar-refractivity contribution is 7.99. The average molecular weight is 465 g/mol. The molecule has 0 unspecified atom stereocenters. The number of carbonyl (C=O) groups is 2. The molecule has 0 aliphatic carbocycles. The standard InChI is InChI=1S/C26H32N4O2S/c1-3-15-33-16-9-14-27-24(31)17-23-26(32)29(18-20-10-5-4-6-11-20)19(2)25-28-21-12-7-8-13-22(21)30(23)25/h4-8,10-13,19,23H,3,9,14-18H2,1-2H3,(H,27,31)/t19-,23+/m0/s1. The van der Waals surface area contributed by atoms with Crippen molar-refractivity contribution in [3.63, 3.8) is 0 Å². The molecule has 0 saturated carbocycles. The van der Waals surface area contributed by atoms with Gasteiger partial charge in [-0.2, -0.15) is 11.8 Å². The second-order valence-electron chi connectivity index (χ2n) is 8.49. The number of fused-ring (bicyclic) bond motifs is 3. The van der Waals surface area contributed by atoms with Crippen molar-refractivity contribution in [1.29, 1.82) is 0 Å². The van der Waals surface area contributed by atoms with Crippen LogP contribution in [0.2, 0.25) is 0 Å². The van der Waals surface area contributed by atoms with E-state index in [1.807, 2.05) is 82.7 Å². The predicted octanol–water partition coefficient (Wildman–Crippen LogP) is 4.72. The predicted molar refractivity (Wildman–Crippen MR) is 134 cm³/mol. The smallest absolute Gasteiger partial charge is 0.247 e. The maximum absolute atomic E-state index is 13.7. The number of aromatic nitrogens is 2. The van der Waals surface area contributed by atoms with Crippen molar-refractivity contribution in [3.8, 4) is 0 Å². The van der Waals surface area contributed by atoms with Crippen molar-refractivity contribution in [2.45, 2.75) is 51.7 Å². The largest absolute Gasteiger partial charge is 0.356 e. The molecule has 0 spiro atoms. The first-order chi connectivity index (χ1) is 16.1. The Morgan fingerprint density at radius 2 is 1.85 bits per heavy atom. The number of para-hydroxylation sites is 2. The SMILES string of the molecule is CCCSCCCNC(=O)C[C@@H]1C(=O)N(Cc2ccccc2)[C@@H](C)c2nc3ccccc3n21. The summed E-state index contributed by atoms with van der Waals surface area (Å²) in [5.41, 5.74) is 2.82. The van der Waals surface area contributed by atoms with E-state index < -0.39 is 6.04 Å². The molecule has 4 rings (SSSR count). The van der Waals surface area contributed by atoms with Gasteiger partial charge in [-0.25, -0.2) is 4.98 Å². The van der Waals surface area contributed by atoms with Gasteiger partial charge in [0.25, 0.3) is 0 Å². The molecule has 2 atom stereocenters. The highest BCUT2D eigenvalue weighted by atomic mass is 32.2. The lowest BCUT2D eigenvalue weighted by Gasteiger charge is -2.38. The summed E-state index contributed by atoms with van der Waals surface area (Å²) in [6, 6.07) is 17.0. The van der Waals surface area contributed by atoms with E-state index in [4.69, 9.17) is 4.98 Å². The third-order valence-electron chi connectivity index (χ3n) is 6.05. The van der Waals surface area contributed by atoms with Crippen molar-refractivity contribution >= 4 is 34.6 Å². The van der Waals surface area contributed by atoms with Gasteiger partial charge in [0.1, 0.15) is 11.9 Å². The van der Waals surface area contributed by atoms with Crippen LogP contribution in [0.4, 0.5) is 0 Å². The van der Waals surface area contributed by atoms with E-state index in [2.05, 4.69) is 12.2 Å². The molecule has 1 aliphatic rings. The fourth-order valence-corrected chi connectivity index (χ4v) is 5.23. The first-order valence-electron chi connectivity index (χ1n) is 11.8. The third kappa shape index (κ3) is 5.24. The van der Waals surface area contributed by atoms with Crippen molar-refractivity contribution in [2.24, 2.45) is 0 Å². The molecule has 3 aromatic rings. The van der Waals surface area contributed by atoms with Crippen LogP contribution in [0.3, 0.4) is 0 Å². The summed E-state index contributed by atoms with van der Waals surface area (Å²) in [5.74, 6) is 2.90. The van der Waals surface area contributed by atoms with Crippen molar-refractivity contribution in [3.05, 3.63) is 66.0 Å². The molecule has 2 aromatic carbocycles. The van der Waals surface area contributed by atoms with Crippen LogP contribution in [0, 0.1) is 0 Å². The molecule has 2 heterocycles. The number of nitrogens with one attached hydrogen (secondary N) is 1.